The molecular weight excluding hydrogens is 264 g/mol. The second-order valence-corrected chi connectivity index (χ2v) is 5.00. The van der Waals surface area contributed by atoms with Gasteiger partial charge in [-0.15, -0.1) is 0 Å². The number of anilines is 1. The lowest BCUT2D eigenvalue weighted by atomic mass is 10.1. The Morgan fingerprint density at radius 1 is 1.14 bits per heavy atom. The van der Waals surface area contributed by atoms with E-state index >= 15 is 0 Å². The molecular formula is C17H16N2O2. The second kappa shape index (κ2) is 5.32. The molecule has 1 amide bonds. The van der Waals surface area contributed by atoms with E-state index in [4.69, 9.17) is 10.2 Å². The molecule has 3 aromatic rings. The largest absolute Gasteiger partial charge is 0.459 e. The lowest BCUT2D eigenvalue weighted by molar-refractivity contribution is 0.0936. The van der Waals surface area contributed by atoms with Crippen LogP contribution in [-0.4, -0.2) is 5.91 Å². The van der Waals surface area contributed by atoms with Crippen LogP contribution in [0.1, 0.15) is 29.1 Å². The molecule has 4 heteroatoms. The van der Waals surface area contributed by atoms with Gasteiger partial charge >= 0.3 is 0 Å². The maximum Gasteiger partial charge on any atom is 0.251 e. The van der Waals surface area contributed by atoms with Crippen LogP contribution >= 0.6 is 0 Å². The van der Waals surface area contributed by atoms with Crippen molar-refractivity contribution in [1.29, 1.82) is 0 Å². The molecule has 3 N–H and O–H groups in total. The van der Waals surface area contributed by atoms with E-state index in [1.54, 1.807) is 24.3 Å². The summed E-state index contributed by atoms with van der Waals surface area (Å²) in [7, 11) is 0. The summed E-state index contributed by atoms with van der Waals surface area (Å²) in [6, 6.07) is 16.3. The van der Waals surface area contributed by atoms with Crippen LogP contribution in [0.5, 0.6) is 0 Å². The fourth-order valence-corrected chi connectivity index (χ4v) is 2.20. The van der Waals surface area contributed by atoms with Gasteiger partial charge in [0.05, 0.1) is 6.04 Å². The number of carbonyl (C=O) groups is 1. The number of para-hydroxylation sites is 1. The Balaban J connectivity index is 1.77. The van der Waals surface area contributed by atoms with Gasteiger partial charge in [0.15, 0.2) is 0 Å². The summed E-state index contributed by atoms with van der Waals surface area (Å²) < 4.78 is 5.75. The number of benzene rings is 2. The highest BCUT2D eigenvalue weighted by molar-refractivity contribution is 5.94. The highest BCUT2D eigenvalue weighted by Crippen LogP contribution is 2.23. The first-order valence-electron chi connectivity index (χ1n) is 6.78. The summed E-state index contributed by atoms with van der Waals surface area (Å²) in [6.45, 7) is 1.90. The molecule has 0 radical (unpaired) electrons. The summed E-state index contributed by atoms with van der Waals surface area (Å²) in [6.07, 6.45) is 0. The third-order valence-electron chi connectivity index (χ3n) is 3.39. The fraction of sp³-hybridized carbons (Fsp3) is 0.118. The van der Waals surface area contributed by atoms with E-state index in [1.807, 2.05) is 37.3 Å². The van der Waals surface area contributed by atoms with Gasteiger partial charge in [0.1, 0.15) is 11.3 Å². The van der Waals surface area contributed by atoms with Gasteiger partial charge in [0.2, 0.25) is 0 Å². The Labute approximate surface area is 122 Å². The molecule has 0 saturated carbocycles. The zero-order valence-electron chi connectivity index (χ0n) is 11.7. The Bertz CT molecular complexity index is 742. The summed E-state index contributed by atoms with van der Waals surface area (Å²) in [5.41, 5.74) is 7.65. The van der Waals surface area contributed by atoms with Crippen molar-refractivity contribution in [3.05, 3.63) is 65.9 Å². The molecule has 0 spiro atoms. The van der Waals surface area contributed by atoms with Crippen molar-refractivity contribution in [3.63, 3.8) is 0 Å². The first kappa shape index (κ1) is 13.2. The molecule has 1 unspecified atom stereocenters. The summed E-state index contributed by atoms with van der Waals surface area (Å²) >= 11 is 0. The van der Waals surface area contributed by atoms with Crippen LogP contribution in [0.4, 0.5) is 5.69 Å². The van der Waals surface area contributed by atoms with E-state index in [1.165, 1.54) is 0 Å². The number of nitrogens with two attached hydrogens (primary N) is 1. The number of nitrogen functional groups attached to an aromatic ring is 1. The third kappa shape index (κ3) is 2.74. The monoisotopic (exact) mass is 280 g/mol. The molecule has 106 valence electrons. The fourth-order valence-electron chi connectivity index (χ4n) is 2.20. The SMILES string of the molecule is CC(NC(=O)c1ccc(N)cc1)c1cc2ccccc2o1. The molecule has 21 heavy (non-hydrogen) atoms. The minimum Gasteiger partial charge on any atom is -0.459 e. The highest BCUT2D eigenvalue weighted by Gasteiger charge is 2.15. The summed E-state index contributed by atoms with van der Waals surface area (Å²) in [5, 5.41) is 3.95. The highest BCUT2D eigenvalue weighted by atomic mass is 16.3. The van der Waals surface area contributed by atoms with Gasteiger partial charge in [-0.3, -0.25) is 4.79 Å². The van der Waals surface area contributed by atoms with E-state index in [0.717, 1.165) is 16.7 Å². The van der Waals surface area contributed by atoms with Gasteiger partial charge in [-0.2, -0.15) is 0 Å². The average Bonchev–Trinajstić information content (AvgIpc) is 2.92. The summed E-state index contributed by atoms with van der Waals surface area (Å²) in [5.74, 6) is 0.586. The number of furan rings is 1. The van der Waals surface area contributed by atoms with Crippen LogP contribution in [-0.2, 0) is 0 Å². The molecule has 2 aromatic carbocycles. The van der Waals surface area contributed by atoms with Gasteiger partial charge in [0, 0.05) is 16.6 Å². The zero-order valence-corrected chi connectivity index (χ0v) is 11.7. The molecule has 3 rings (SSSR count). The Morgan fingerprint density at radius 3 is 2.57 bits per heavy atom. The van der Waals surface area contributed by atoms with Crippen LogP contribution in [0.2, 0.25) is 0 Å². The Morgan fingerprint density at radius 2 is 1.86 bits per heavy atom. The van der Waals surface area contributed by atoms with Crippen molar-refractivity contribution < 1.29 is 9.21 Å². The molecule has 1 aromatic heterocycles. The maximum atomic E-state index is 12.2. The lowest BCUT2D eigenvalue weighted by Gasteiger charge is -2.11. The van der Waals surface area contributed by atoms with E-state index < -0.39 is 0 Å². The molecule has 0 aliphatic carbocycles. The zero-order chi connectivity index (χ0) is 14.8. The molecule has 0 saturated heterocycles. The number of fused-ring (bicyclic) bond motifs is 1. The van der Waals surface area contributed by atoms with Crippen molar-refractivity contribution in [2.24, 2.45) is 0 Å². The number of hydrogen-bond acceptors (Lipinski definition) is 3. The quantitative estimate of drug-likeness (QED) is 0.721. The minimum atomic E-state index is -0.206. The maximum absolute atomic E-state index is 12.2. The first-order chi connectivity index (χ1) is 10.1. The molecule has 4 nitrogen and oxygen atoms in total. The number of amides is 1. The third-order valence-corrected chi connectivity index (χ3v) is 3.39. The Hall–Kier alpha value is -2.75. The van der Waals surface area contributed by atoms with Crippen LogP contribution in [0, 0.1) is 0 Å². The smallest absolute Gasteiger partial charge is 0.251 e. The van der Waals surface area contributed by atoms with Crippen molar-refractivity contribution >= 4 is 22.6 Å². The summed E-state index contributed by atoms with van der Waals surface area (Å²) in [4.78, 5) is 12.2. The standard InChI is InChI=1S/C17H16N2O2/c1-11(16-10-13-4-2-3-5-15(13)21-16)19-17(20)12-6-8-14(18)9-7-12/h2-11H,18H2,1H3,(H,19,20). The number of nitrogens with one attached hydrogen (secondary N) is 1. The molecule has 1 heterocycles. The minimum absolute atomic E-state index is 0.150. The average molecular weight is 280 g/mol. The van der Waals surface area contributed by atoms with Crippen molar-refractivity contribution in [2.75, 3.05) is 5.73 Å². The normalized spacial score (nSPS) is 12.2. The van der Waals surface area contributed by atoms with Crippen LogP contribution < -0.4 is 11.1 Å². The van der Waals surface area contributed by atoms with Crippen molar-refractivity contribution in [1.82, 2.24) is 5.32 Å². The first-order valence-corrected chi connectivity index (χ1v) is 6.78. The van der Waals surface area contributed by atoms with Crippen LogP contribution in [0.25, 0.3) is 11.0 Å². The van der Waals surface area contributed by atoms with Gasteiger partial charge < -0.3 is 15.5 Å². The number of rotatable bonds is 3. The van der Waals surface area contributed by atoms with Gasteiger partial charge in [-0.05, 0) is 43.3 Å². The predicted octanol–water partition coefficient (Wildman–Crippen LogP) is 3.51. The molecule has 0 bridgehead atoms. The molecule has 0 aliphatic heterocycles. The van der Waals surface area contributed by atoms with Crippen LogP contribution in [0.3, 0.4) is 0 Å². The topological polar surface area (TPSA) is 68.3 Å². The van der Waals surface area contributed by atoms with E-state index in [9.17, 15) is 4.79 Å². The molecule has 0 aliphatic rings. The van der Waals surface area contributed by atoms with Gasteiger partial charge in [0.25, 0.3) is 5.91 Å². The number of carbonyl (C=O) groups excluding carboxylic acids is 1. The Kier molecular flexibility index (Phi) is 3.36. The molecule has 0 fully saturated rings. The molecule has 1 atom stereocenters. The van der Waals surface area contributed by atoms with Gasteiger partial charge in [-0.25, -0.2) is 0 Å². The van der Waals surface area contributed by atoms with Gasteiger partial charge in [-0.1, -0.05) is 18.2 Å². The van der Waals surface area contributed by atoms with Crippen LogP contribution in [0.15, 0.2) is 59.0 Å². The van der Waals surface area contributed by atoms with E-state index in [2.05, 4.69) is 5.32 Å². The predicted molar refractivity (Wildman–Crippen MR) is 82.9 cm³/mol. The van der Waals surface area contributed by atoms with E-state index in [-0.39, 0.29) is 11.9 Å². The second-order valence-electron chi connectivity index (χ2n) is 5.00. The number of hydrogen-bond donors (Lipinski definition) is 2. The lowest BCUT2D eigenvalue weighted by Crippen LogP contribution is -2.26. The van der Waals surface area contributed by atoms with E-state index in [0.29, 0.717) is 11.3 Å². The van der Waals surface area contributed by atoms with Crippen molar-refractivity contribution in [3.8, 4) is 0 Å². The van der Waals surface area contributed by atoms with Crippen molar-refractivity contribution in [2.45, 2.75) is 13.0 Å².